The van der Waals surface area contributed by atoms with E-state index in [1.807, 2.05) is 0 Å². The number of nitrogen functional groups attached to an aromatic ring is 2. The molecule has 0 aliphatic rings. The summed E-state index contributed by atoms with van der Waals surface area (Å²) in [6.07, 6.45) is 0. The minimum absolute atomic E-state index is 0.230. The molecule has 2 aromatic rings. The topological polar surface area (TPSA) is 99.3 Å². The van der Waals surface area contributed by atoms with Crippen molar-refractivity contribution in [3.05, 3.63) is 15.9 Å². The molecule has 7 heteroatoms. The van der Waals surface area contributed by atoms with Crippen LogP contribution in [0.5, 0.6) is 0 Å². The van der Waals surface area contributed by atoms with E-state index in [4.69, 9.17) is 11.5 Å². The molecule has 2 aromatic heterocycles. The fourth-order valence-corrected chi connectivity index (χ4v) is 1.62. The van der Waals surface area contributed by atoms with Crippen LogP contribution in [0.3, 0.4) is 0 Å². The summed E-state index contributed by atoms with van der Waals surface area (Å²) in [5.74, 6) is 0.230. The van der Waals surface area contributed by atoms with Gasteiger partial charge in [0.2, 0.25) is 10.1 Å². The number of aromatic nitrogens is 3. The lowest BCUT2D eigenvalue weighted by atomic mass is 10.3. The third kappa shape index (κ3) is 1.04. The van der Waals surface area contributed by atoms with Gasteiger partial charge in [-0.25, -0.2) is 4.98 Å². The van der Waals surface area contributed by atoms with Crippen molar-refractivity contribution < 1.29 is 0 Å². The molecule has 13 heavy (non-hydrogen) atoms. The molecule has 6 nitrogen and oxygen atoms in total. The largest absolute Gasteiger partial charge is 0.383 e. The average Bonchev–Trinajstić information content (AvgIpc) is 2.42. The van der Waals surface area contributed by atoms with Gasteiger partial charge in [-0.05, 0) is 6.92 Å². The van der Waals surface area contributed by atoms with Gasteiger partial charge >= 0.3 is 0 Å². The third-order valence-corrected chi connectivity index (χ3v) is 2.43. The molecule has 0 aromatic carbocycles. The molecule has 0 radical (unpaired) electrons. The number of hydrogen-bond acceptors (Lipinski definition) is 6. The van der Waals surface area contributed by atoms with E-state index in [0.29, 0.717) is 15.7 Å². The monoisotopic (exact) mass is 197 g/mol. The second kappa shape index (κ2) is 2.43. The number of fused-ring (bicyclic) bond motifs is 1. The Kier molecular flexibility index (Phi) is 1.49. The zero-order valence-corrected chi connectivity index (χ0v) is 7.63. The van der Waals surface area contributed by atoms with Gasteiger partial charge in [0.1, 0.15) is 5.82 Å². The van der Waals surface area contributed by atoms with E-state index in [1.165, 1.54) is 0 Å². The highest BCUT2D eigenvalue weighted by molar-refractivity contribution is 7.20. The van der Waals surface area contributed by atoms with Gasteiger partial charge in [0, 0.05) is 0 Å². The van der Waals surface area contributed by atoms with Crippen LogP contribution in [0.25, 0.3) is 4.96 Å². The van der Waals surface area contributed by atoms with Crippen LogP contribution < -0.4 is 17.0 Å². The van der Waals surface area contributed by atoms with Gasteiger partial charge < -0.3 is 11.5 Å². The van der Waals surface area contributed by atoms with E-state index < -0.39 is 0 Å². The summed E-state index contributed by atoms with van der Waals surface area (Å²) in [6.45, 7) is 1.60. The van der Waals surface area contributed by atoms with Crippen LogP contribution >= 0.6 is 11.3 Å². The van der Waals surface area contributed by atoms with Crippen molar-refractivity contribution in [3.63, 3.8) is 0 Å². The van der Waals surface area contributed by atoms with E-state index in [9.17, 15) is 4.79 Å². The maximum Gasteiger partial charge on any atom is 0.280 e. The van der Waals surface area contributed by atoms with Gasteiger partial charge in [-0.1, -0.05) is 11.3 Å². The molecule has 2 rings (SSSR count). The Hall–Kier alpha value is -1.63. The molecular formula is C6H7N5OS. The van der Waals surface area contributed by atoms with Crippen LogP contribution in [0.2, 0.25) is 0 Å². The third-order valence-electron chi connectivity index (χ3n) is 1.69. The zero-order chi connectivity index (χ0) is 9.59. The predicted molar refractivity (Wildman–Crippen MR) is 50.7 cm³/mol. The summed E-state index contributed by atoms with van der Waals surface area (Å²) >= 11 is 1.13. The quantitative estimate of drug-likeness (QED) is 0.600. The first-order chi connectivity index (χ1) is 6.09. The average molecular weight is 197 g/mol. The van der Waals surface area contributed by atoms with E-state index in [2.05, 4.69) is 10.1 Å². The normalized spacial score (nSPS) is 10.8. The van der Waals surface area contributed by atoms with Gasteiger partial charge in [-0.2, -0.15) is 4.52 Å². The summed E-state index contributed by atoms with van der Waals surface area (Å²) in [7, 11) is 0. The van der Waals surface area contributed by atoms with E-state index >= 15 is 0 Å². The SMILES string of the molecule is Cc1c(N)nc2sc(N)nn2c1=O. The Labute approximate surface area is 76.8 Å². The van der Waals surface area contributed by atoms with Crippen molar-refractivity contribution in [1.29, 1.82) is 0 Å². The van der Waals surface area contributed by atoms with Gasteiger partial charge in [0.05, 0.1) is 5.56 Å². The molecular weight excluding hydrogens is 190 g/mol. The van der Waals surface area contributed by atoms with Crippen LogP contribution in [0, 0.1) is 6.92 Å². The molecule has 0 saturated heterocycles. The standard InChI is InChI=1S/C6H7N5OS/c1-2-3(7)9-6-11(4(2)12)10-5(8)13-6/h7H2,1H3,(H2,8,10). The molecule has 4 N–H and O–H groups in total. The highest BCUT2D eigenvalue weighted by Crippen LogP contribution is 2.14. The summed E-state index contributed by atoms with van der Waals surface area (Å²) in [4.78, 5) is 15.9. The smallest absolute Gasteiger partial charge is 0.280 e. The Balaban J connectivity index is 3.01. The number of nitrogens with two attached hydrogens (primary N) is 2. The lowest BCUT2D eigenvalue weighted by molar-refractivity contribution is 0.894. The Bertz CT molecular complexity index is 528. The summed E-state index contributed by atoms with van der Waals surface area (Å²) < 4.78 is 1.16. The molecule has 0 amide bonds. The molecule has 68 valence electrons. The molecule has 0 unspecified atom stereocenters. The highest BCUT2D eigenvalue weighted by atomic mass is 32.1. The number of anilines is 2. The van der Waals surface area contributed by atoms with Crippen LogP contribution in [0.15, 0.2) is 4.79 Å². The molecule has 0 saturated carbocycles. The van der Waals surface area contributed by atoms with Crippen LogP contribution in [-0.4, -0.2) is 14.6 Å². The van der Waals surface area contributed by atoms with Crippen molar-refractivity contribution in [2.45, 2.75) is 6.92 Å². The van der Waals surface area contributed by atoms with Gasteiger partial charge in [0.25, 0.3) is 5.56 Å². The molecule has 0 fully saturated rings. The lowest BCUT2D eigenvalue weighted by Crippen LogP contribution is -2.19. The summed E-state index contributed by atoms with van der Waals surface area (Å²) in [5, 5.41) is 4.10. The fourth-order valence-electron chi connectivity index (χ4n) is 0.956. The molecule has 0 atom stereocenters. The number of nitrogens with zero attached hydrogens (tertiary/aromatic N) is 3. The second-order valence-electron chi connectivity index (χ2n) is 2.56. The first-order valence-electron chi connectivity index (χ1n) is 3.51. The minimum atomic E-state index is -0.268. The molecule has 0 aliphatic heterocycles. The highest BCUT2D eigenvalue weighted by Gasteiger charge is 2.09. The van der Waals surface area contributed by atoms with Crippen molar-refractivity contribution in [2.75, 3.05) is 11.5 Å². The Morgan fingerprint density at radius 3 is 2.85 bits per heavy atom. The fraction of sp³-hybridized carbons (Fsp3) is 0.167. The van der Waals surface area contributed by atoms with E-state index in [1.54, 1.807) is 6.92 Å². The van der Waals surface area contributed by atoms with Gasteiger partial charge in [-0.3, -0.25) is 4.79 Å². The van der Waals surface area contributed by atoms with Gasteiger partial charge in [0.15, 0.2) is 0 Å². The maximum absolute atomic E-state index is 11.5. The lowest BCUT2D eigenvalue weighted by Gasteiger charge is -1.96. The minimum Gasteiger partial charge on any atom is -0.383 e. The van der Waals surface area contributed by atoms with Crippen LogP contribution in [-0.2, 0) is 0 Å². The van der Waals surface area contributed by atoms with Crippen molar-refractivity contribution in [3.8, 4) is 0 Å². The maximum atomic E-state index is 11.5. The Morgan fingerprint density at radius 1 is 1.46 bits per heavy atom. The second-order valence-corrected chi connectivity index (χ2v) is 3.55. The van der Waals surface area contributed by atoms with Crippen LogP contribution in [0.4, 0.5) is 10.9 Å². The van der Waals surface area contributed by atoms with E-state index in [-0.39, 0.29) is 11.4 Å². The summed E-state index contributed by atoms with van der Waals surface area (Å²) in [5.41, 5.74) is 11.1. The number of rotatable bonds is 0. The molecule has 2 heterocycles. The first-order valence-corrected chi connectivity index (χ1v) is 4.32. The van der Waals surface area contributed by atoms with Crippen molar-refractivity contribution in [2.24, 2.45) is 0 Å². The Morgan fingerprint density at radius 2 is 2.15 bits per heavy atom. The van der Waals surface area contributed by atoms with Crippen LogP contribution in [0.1, 0.15) is 5.56 Å². The molecule has 0 aliphatic carbocycles. The van der Waals surface area contributed by atoms with Crippen molar-refractivity contribution >= 4 is 27.2 Å². The molecule has 0 spiro atoms. The van der Waals surface area contributed by atoms with Crippen molar-refractivity contribution in [1.82, 2.24) is 14.6 Å². The van der Waals surface area contributed by atoms with Gasteiger partial charge in [-0.15, -0.1) is 5.10 Å². The first kappa shape index (κ1) is 7.99. The molecule has 0 bridgehead atoms. The predicted octanol–water partition coefficient (Wildman–Crippen LogP) is -0.376. The zero-order valence-electron chi connectivity index (χ0n) is 6.81. The number of hydrogen-bond donors (Lipinski definition) is 2. The van der Waals surface area contributed by atoms with E-state index in [0.717, 1.165) is 15.9 Å². The summed E-state index contributed by atoms with van der Waals surface area (Å²) in [6, 6.07) is 0.